The molecule has 0 radical (unpaired) electrons. The Balaban J connectivity index is 2.48. The van der Waals surface area contributed by atoms with E-state index in [0.29, 0.717) is 16.5 Å². The lowest BCUT2D eigenvalue weighted by Crippen LogP contribution is -2.34. The van der Waals surface area contributed by atoms with E-state index in [4.69, 9.17) is 22.1 Å². The van der Waals surface area contributed by atoms with E-state index in [9.17, 15) is 4.79 Å². The number of carbonyl (C=O) groups is 1. The van der Waals surface area contributed by atoms with Crippen LogP contribution in [-0.2, 0) is 4.79 Å². The van der Waals surface area contributed by atoms with Crippen molar-refractivity contribution in [1.82, 2.24) is 5.32 Å². The molecule has 1 amide bonds. The standard InChI is InChI=1S/C11H15ClN2O2/c1-7(2)14-11(15)6-16-8-3-4-10(13)9(12)5-8/h3-5,7H,6,13H2,1-2H3,(H,14,15). The van der Waals surface area contributed by atoms with E-state index in [1.54, 1.807) is 18.2 Å². The molecule has 0 saturated heterocycles. The summed E-state index contributed by atoms with van der Waals surface area (Å²) in [5.41, 5.74) is 6.03. The monoisotopic (exact) mass is 242 g/mol. The highest BCUT2D eigenvalue weighted by molar-refractivity contribution is 6.33. The van der Waals surface area contributed by atoms with Crippen LogP contribution in [0.15, 0.2) is 18.2 Å². The molecule has 1 aromatic rings. The molecule has 4 nitrogen and oxygen atoms in total. The summed E-state index contributed by atoms with van der Waals surface area (Å²) >= 11 is 5.81. The molecular weight excluding hydrogens is 228 g/mol. The van der Waals surface area contributed by atoms with Crippen molar-refractivity contribution in [2.75, 3.05) is 12.3 Å². The lowest BCUT2D eigenvalue weighted by atomic mass is 10.3. The number of rotatable bonds is 4. The number of halogens is 1. The van der Waals surface area contributed by atoms with Gasteiger partial charge in [-0.05, 0) is 26.0 Å². The largest absolute Gasteiger partial charge is 0.484 e. The number of amides is 1. The second-order valence-corrected chi connectivity index (χ2v) is 4.10. The maximum Gasteiger partial charge on any atom is 0.258 e. The molecule has 5 heteroatoms. The third-order valence-corrected chi connectivity index (χ3v) is 2.12. The average Bonchev–Trinajstić information content (AvgIpc) is 2.19. The van der Waals surface area contributed by atoms with Crippen molar-refractivity contribution in [3.05, 3.63) is 23.2 Å². The molecule has 0 aromatic heterocycles. The topological polar surface area (TPSA) is 64.3 Å². The summed E-state index contributed by atoms with van der Waals surface area (Å²) in [5.74, 6) is 0.362. The van der Waals surface area contributed by atoms with Crippen molar-refractivity contribution in [3.8, 4) is 5.75 Å². The van der Waals surface area contributed by atoms with Crippen LogP contribution in [0.25, 0.3) is 0 Å². The lowest BCUT2D eigenvalue weighted by Gasteiger charge is -2.10. The van der Waals surface area contributed by atoms with Crippen molar-refractivity contribution < 1.29 is 9.53 Å². The molecule has 3 N–H and O–H groups in total. The molecule has 0 spiro atoms. The van der Waals surface area contributed by atoms with Crippen LogP contribution in [0.1, 0.15) is 13.8 Å². The van der Waals surface area contributed by atoms with Gasteiger partial charge in [0.2, 0.25) is 0 Å². The Morgan fingerprint density at radius 1 is 1.56 bits per heavy atom. The zero-order chi connectivity index (χ0) is 12.1. The predicted molar refractivity (Wildman–Crippen MR) is 64.6 cm³/mol. The SMILES string of the molecule is CC(C)NC(=O)COc1ccc(N)c(Cl)c1. The van der Waals surface area contributed by atoms with Gasteiger partial charge in [-0.1, -0.05) is 11.6 Å². The highest BCUT2D eigenvalue weighted by atomic mass is 35.5. The number of anilines is 1. The molecule has 0 aliphatic rings. The first-order chi connectivity index (χ1) is 7.49. The fourth-order valence-corrected chi connectivity index (χ4v) is 1.28. The number of hydrogen-bond acceptors (Lipinski definition) is 3. The number of nitrogens with one attached hydrogen (secondary N) is 1. The Hall–Kier alpha value is -1.42. The summed E-state index contributed by atoms with van der Waals surface area (Å²) < 4.78 is 5.25. The number of nitrogens with two attached hydrogens (primary N) is 1. The van der Waals surface area contributed by atoms with Gasteiger partial charge in [-0.25, -0.2) is 0 Å². The molecule has 0 saturated carbocycles. The smallest absolute Gasteiger partial charge is 0.258 e. The van der Waals surface area contributed by atoms with Crippen LogP contribution in [-0.4, -0.2) is 18.6 Å². The molecule has 0 fully saturated rings. The number of nitrogen functional groups attached to an aromatic ring is 1. The third kappa shape index (κ3) is 3.98. The molecule has 88 valence electrons. The van der Waals surface area contributed by atoms with Crippen LogP contribution >= 0.6 is 11.6 Å². The van der Waals surface area contributed by atoms with Gasteiger partial charge in [0.15, 0.2) is 6.61 Å². The summed E-state index contributed by atoms with van der Waals surface area (Å²) in [7, 11) is 0. The molecule has 0 bridgehead atoms. The Bertz CT molecular complexity index is 380. The number of hydrogen-bond donors (Lipinski definition) is 2. The lowest BCUT2D eigenvalue weighted by molar-refractivity contribution is -0.123. The quantitative estimate of drug-likeness (QED) is 0.792. The zero-order valence-corrected chi connectivity index (χ0v) is 10.0. The van der Waals surface area contributed by atoms with Gasteiger partial charge in [0.05, 0.1) is 10.7 Å². The van der Waals surface area contributed by atoms with Gasteiger partial charge in [0, 0.05) is 12.1 Å². The molecule has 0 aliphatic heterocycles. The Labute approximate surface area is 99.7 Å². The van der Waals surface area contributed by atoms with Crippen LogP contribution in [0.2, 0.25) is 5.02 Å². The van der Waals surface area contributed by atoms with Crippen molar-refractivity contribution >= 4 is 23.2 Å². The van der Waals surface area contributed by atoms with Crippen molar-refractivity contribution in [3.63, 3.8) is 0 Å². The van der Waals surface area contributed by atoms with Crippen molar-refractivity contribution in [2.24, 2.45) is 0 Å². The summed E-state index contributed by atoms with van der Waals surface area (Å²) in [6.07, 6.45) is 0. The van der Waals surface area contributed by atoms with Gasteiger partial charge >= 0.3 is 0 Å². The molecule has 16 heavy (non-hydrogen) atoms. The van der Waals surface area contributed by atoms with Gasteiger partial charge in [-0.3, -0.25) is 4.79 Å². The Morgan fingerprint density at radius 3 is 2.81 bits per heavy atom. The van der Waals surface area contributed by atoms with Crippen molar-refractivity contribution in [2.45, 2.75) is 19.9 Å². The van der Waals surface area contributed by atoms with E-state index >= 15 is 0 Å². The van der Waals surface area contributed by atoms with E-state index in [0.717, 1.165) is 0 Å². The summed E-state index contributed by atoms with van der Waals surface area (Å²) in [4.78, 5) is 11.3. The first-order valence-corrected chi connectivity index (χ1v) is 5.34. The van der Waals surface area contributed by atoms with Crippen molar-refractivity contribution in [1.29, 1.82) is 0 Å². The van der Waals surface area contributed by atoms with Gasteiger partial charge < -0.3 is 15.8 Å². The number of carbonyl (C=O) groups excluding carboxylic acids is 1. The first kappa shape index (κ1) is 12.6. The molecule has 0 heterocycles. The number of benzene rings is 1. The van der Waals surface area contributed by atoms with E-state index < -0.39 is 0 Å². The number of ether oxygens (including phenoxy) is 1. The van der Waals surface area contributed by atoms with E-state index in [1.165, 1.54) is 0 Å². The third-order valence-electron chi connectivity index (χ3n) is 1.79. The summed E-state index contributed by atoms with van der Waals surface area (Å²) in [5, 5.41) is 3.14. The second-order valence-electron chi connectivity index (χ2n) is 3.69. The molecule has 1 aromatic carbocycles. The van der Waals surface area contributed by atoms with E-state index in [-0.39, 0.29) is 18.6 Å². The van der Waals surface area contributed by atoms with Crippen LogP contribution < -0.4 is 15.8 Å². The molecular formula is C11H15ClN2O2. The normalized spacial score (nSPS) is 10.2. The highest BCUT2D eigenvalue weighted by Crippen LogP contribution is 2.23. The predicted octanol–water partition coefficient (Wildman–Crippen LogP) is 1.83. The average molecular weight is 243 g/mol. The molecule has 0 atom stereocenters. The van der Waals surface area contributed by atoms with Crippen LogP contribution in [0.5, 0.6) is 5.75 Å². The minimum Gasteiger partial charge on any atom is -0.484 e. The molecule has 0 aliphatic carbocycles. The molecule has 1 rings (SSSR count). The zero-order valence-electron chi connectivity index (χ0n) is 9.29. The maximum atomic E-state index is 11.3. The van der Waals surface area contributed by atoms with Gasteiger partial charge in [0.1, 0.15) is 5.75 Å². The highest BCUT2D eigenvalue weighted by Gasteiger charge is 2.05. The van der Waals surface area contributed by atoms with Gasteiger partial charge in [-0.2, -0.15) is 0 Å². The minimum absolute atomic E-state index is 0.0293. The van der Waals surface area contributed by atoms with Gasteiger partial charge in [-0.15, -0.1) is 0 Å². The minimum atomic E-state index is -0.164. The molecule has 0 unspecified atom stereocenters. The second kappa shape index (κ2) is 5.61. The maximum absolute atomic E-state index is 11.3. The van der Waals surface area contributed by atoms with Crippen LogP contribution in [0, 0.1) is 0 Å². The first-order valence-electron chi connectivity index (χ1n) is 4.96. The summed E-state index contributed by atoms with van der Waals surface area (Å²) in [6.45, 7) is 3.74. The Morgan fingerprint density at radius 2 is 2.25 bits per heavy atom. The van der Waals surface area contributed by atoms with Crippen LogP contribution in [0.4, 0.5) is 5.69 Å². The fourth-order valence-electron chi connectivity index (χ4n) is 1.11. The Kier molecular flexibility index (Phi) is 4.43. The summed E-state index contributed by atoms with van der Waals surface area (Å²) in [6, 6.07) is 4.99. The van der Waals surface area contributed by atoms with Gasteiger partial charge in [0.25, 0.3) is 5.91 Å². The van der Waals surface area contributed by atoms with E-state index in [2.05, 4.69) is 5.32 Å². The van der Waals surface area contributed by atoms with Crippen LogP contribution in [0.3, 0.4) is 0 Å². The van der Waals surface area contributed by atoms with E-state index in [1.807, 2.05) is 13.8 Å². The fraction of sp³-hybridized carbons (Fsp3) is 0.364.